The van der Waals surface area contributed by atoms with Crippen LogP contribution in [-0.2, 0) is 0 Å². The largest absolute Gasteiger partial charge is 0.0885 e. The molecule has 15 heavy (non-hydrogen) atoms. The summed E-state index contributed by atoms with van der Waals surface area (Å²) in [5, 5.41) is 0. The van der Waals surface area contributed by atoms with Crippen LogP contribution < -0.4 is 0 Å². The zero-order valence-corrected chi connectivity index (χ0v) is 11.1. The highest BCUT2D eigenvalue weighted by Gasteiger charge is 2.33. The summed E-state index contributed by atoms with van der Waals surface area (Å²) in [6, 6.07) is 0. The topological polar surface area (TPSA) is 0 Å². The fourth-order valence-electron chi connectivity index (χ4n) is 3.03. The zero-order chi connectivity index (χ0) is 11.3. The van der Waals surface area contributed by atoms with Crippen LogP contribution in [0.5, 0.6) is 0 Å². The van der Waals surface area contributed by atoms with Crippen LogP contribution in [0.15, 0.2) is 12.2 Å². The van der Waals surface area contributed by atoms with Crippen LogP contribution in [0.4, 0.5) is 0 Å². The lowest BCUT2D eigenvalue weighted by Crippen LogP contribution is -2.31. The van der Waals surface area contributed by atoms with Gasteiger partial charge in [-0.1, -0.05) is 52.7 Å². The van der Waals surface area contributed by atoms with E-state index in [1.165, 1.54) is 38.5 Å². The Bertz CT molecular complexity index is 200. The Morgan fingerprint density at radius 1 is 1.20 bits per heavy atom. The van der Waals surface area contributed by atoms with Gasteiger partial charge in [0.15, 0.2) is 0 Å². The van der Waals surface area contributed by atoms with Crippen molar-refractivity contribution >= 4 is 0 Å². The molecule has 0 spiro atoms. The molecule has 1 aliphatic rings. The number of hydrogen-bond acceptors (Lipinski definition) is 0. The Morgan fingerprint density at radius 2 is 1.93 bits per heavy atom. The van der Waals surface area contributed by atoms with E-state index in [-0.39, 0.29) is 0 Å². The maximum absolute atomic E-state index is 2.46. The Hall–Kier alpha value is -0.260. The van der Waals surface area contributed by atoms with E-state index >= 15 is 0 Å². The molecule has 0 heteroatoms. The van der Waals surface area contributed by atoms with E-state index in [2.05, 4.69) is 39.8 Å². The lowest BCUT2D eigenvalue weighted by Gasteiger charge is -2.41. The van der Waals surface area contributed by atoms with Crippen molar-refractivity contribution in [2.24, 2.45) is 17.3 Å². The highest BCUT2D eigenvalue weighted by atomic mass is 14.4. The SMILES string of the molecule is CCCC=CCC1CCC(C)CC1(C)C. The highest BCUT2D eigenvalue weighted by Crippen LogP contribution is 2.44. The monoisotopic (exact) mass is 208 g/mol. The minimum absolute atomic E-state index is 0.564. The summed E-state index contributed by atoms with van der Waals surface area (Å²) in [6.45, 7) is 9.57. The molecule has 1 rings (SSSR count). The normalized spacial score (nSPS) is 30.9. The van der Waals surface area contributed by atoms with Gasteiger partial charge in [-0.2, -0.15) is 0 Å². The molecule has 88 valence electrons. The highest BCUT2D eigenvalue weighted by molar-refractivity contribution is 4.91. The molecule has 0 aliphatic heterocycles. The molecule has 0 heterocycles. The van der Waals surface area contributed by atoms with Crippen LogP contribution in [0.25, 0.3) is 0 Å². The molecule has 1 saturated carbocycles. The smallest absolute Gasteiger partial charge is 0.0317 e. The van der Waals surface area contributed by atoms with Gasteiger partial charge in [0.2, 0.25) is 0 Å². The van der Waals surface area contributed by atoms with Crippen LogP contribution in [-0.4, -0.2) is 0 Å². The van der Waals surface area contributed by atoms with Gasteiger partial charge in [-0.3, -0.25) is 0 Å². The molecule has 0 radical (unpaired) electrons. The number of rotatable bonds is 4. The van der Waals surface area contributed by atoms with E-state index < -0.39 is 0 Å². The average molecular weight is 208 g/mol. The summed E-state index contributed by atoms with van der Waals surface area (Å²) < 4.78 is 0. The minimum atomic E-state index is 0.564. The summed E-state index contributed by atoms with van der Waals surface area (Å²) in [5.41, 5.74) is 0.564. The number of allylic oxidation sites excluding steroid dienone is 2. The van der Waals surface area contributed by atoms with Crippen LogP contribution >= 0.6 is 0 Å². The molecule has 0 aromatic heterocycles. The van der Waals surface area contributed by atoms with E-state index in [9.17, 15) is 0 Å². The predicted molar refractivity (Wildman–Crippen MR) is 69.0 cm³/mol. The van der Waals surface area contributed by atoms with Crippen molar-refractivity contribution in [3.63, 3.8) is 0 Å². The zero-order valence-electron chi connectivity index (χ0n) is 11.1. The fraction of sp³-hybridized carbons (Fsp3) is 0.867. The molecule has 0 bridgehead atoms. The summed E-state index contributed by atoms with van der Waals surface area (Å²) in [4.78, 5) is 0. The Balaban J connectivity index is 2.40. The lowest BCUT2D eigenvalue weighted by molar-refractivity contribution is 0.103. The molecule has 0 nitrogen and oxygen atoms in total. The first-order chi connectivity index (χ1) is 7.06. The average Bonchev–Trinajstić information content (AvgIpc) is 2.14. The summed E-state index contributed by atoms with van der Waals surface area (Å²) in [6.07, 6.45) is 12.9. The second kappa shape index (κ2) is 5.72. The Labute approximate surface area is 96.2 Å². The van der Waals surface area contributed by atoms with Crippen LogP contribution in [0.3, 0.4) is 0 Å². The van der Waals surface area contributed by atoms with E-state index in [1.807, 2.05) is 0 Å². The second-order valence-corrected chi connectivity index (χ2v) is 6.07. The van der Waals surface area contributed by atoms with E-state index in [0.29, 0.717) is 5.41 Å². The van der Waals surface area contributed by atoms with Crippen molar-refractivity contribution in [3.05, 3.63) is 12.2 Å². The molecule has 2 atom stereocenters. The van der Waals surface area contributed by atoms with Gasteiger partial charge < -0.3 is 0 Å². The standard InChI is InChI=1S/C15H28/c1-5-6-7-8-9-14-11-10-13(2)12-15(14,3)4/h7-8,13-14H,5-6,9-12H2,1-4H3. The van der Waals surface area contributed by atoms with Crippen molar-refractivity contribution < 1.29 is 0 Å². The van der Waals surface area contributed by atoms with Gasteiger partial charge in [-0.05, 0) is 42.9 Å². The van der Waals surface area contributed by atoms with Gasteiger partial charge in [0.25, 0.3) is 0 Å². The molecule has 0 aromatic rings. The van der Waals surface area contributed by atoms with Gasteiger partial charge in [0.05, 0.1) is 0 Å². The first kappa shape index (κ1) is 12.8. The molecule has 0 aromatic carbocycles. The third-order valence-corrected chi connectivity index (χ3v) is 4.03. The van der Waals surface area contributed by atoms with Crippen LogP contribution in [0, 0.1) is 17.3 Å². The molecular formula is C15H28. The van der Waals surface area contributed by atoms with Gasteiger partial charge in [-0.25, -0.2) is 0 Å². The van der Waals surface area contributed by atoms with Crippen molar-refractivity contribution in [1.29, 1.82) is 0 Å². The molecule has 1 aliphatic carbocycles. The Morgan fingerprint density at radius 3 is 2.53 bits per heavy atom. The van der Waals surface area contributed by atoms with Crippen molar-refractivity contribution in [2.75, 3.05) is 0 Å². The molecule has 0 amide bonds. The quantitative estimate of drug-likeness (QED) is 0.557. The molecule has 2 unspecified atom stereocenters. The third kappa shape index (κ3) is 4.01. The maximum Gasteiger partial charge on any atom is -0.0317 e. The van der Waals surface area contributed by atoms with Gasteiger partial charge in [-0.15, -0.1) is 0 Å². The van der Waals surface area contributed by atoms with Gasteiger partial charge in [0.1, 0.15) is 0 Å². The second-order valence-electron chi connectivity index (χ2n) is 6.07. The van der Waals surface area contributed by atoms with Crippen molar-refractivity contribution in [2.45, 2.75) is 66.2 Å². The molecule has 1 fully saturated rings. The van der Waals surface area contributed by atoms with E-state index in [4.69, 9.17) is 0 Å². The minimum Gasteiger partial charge on any atom is -0.0885 e. The van der Waals surface area contributed by atoms with Crippen molar-refractivity contribution in [3.8, 4) is 0 Å². The van der Waals surface area contributed by atoms with E-state index in [1.54, 1.807) is 0 Å². The number of hydrogen-bond donors (Lipinski definition) is 0. The maximum atomic E-state index is 2.46. The predicted octanol–water partition coefficient (Wildman–Crippen LogP) is 5.20. The number of unbranched alkanes of at least 4 members (excludes halogenated alkanes) is 1. The lowest BCUT2D eigenvalue weighted by atomic mass is 9.64. The van der Waals surface area contributed by atoms with Gasteiger partial charge >= 0.3 is 0 Å². The van der Waals surface area contributed by atoms with Gasteiger partial charge in [0, 0.05) is 0 Å². The summed E-state index contributed by atoms with van der Waals surface area (Å²) in [7, 11) is 0. The fourth-order valence-corrected chi connectivity index (χ4v) is 3.03. The van der Waals surface area contributed by atoms with Crippen molar-refractivity contribution in [1.82, 2.24) is 0 Å². The van der Waals surface area contributed by atoms with E-state index in [0.717, 1.165) is 11.8 Å². The first-order valence-corrected chi connectivity index (χ1v) is 6.71. The molecular weight excluding hydrogens is 180 g/mol. The molecule has 0 N–H and O–H groups in total. The first-order valence-electron chi connectivity index (χ1n) is 6.71. The summed E-state index contributed by atoms with van der Waals surface area (Å²) in [5.74, 6) is 1.86. The van der Waals surface area contributed by atoms with Crippen LogP contribution in [0.2, 0.25) is 0 Å². The third-order valence-electron chi connectivity index (χ3n) is 4.03. The van der Waals surface area contributed by atoms with Crippen LogP contribution in [0.1, 0.15) is 66.2 Å². The molecule has 0 saturated heterocycles. The Kier molecular flexibility index (Phi) is 4.89. The summed E-state index contributed by atoms with van der Waals surface area (Å²) >= 11 is 0.